The summed E-state index contributed by atoms with van der Waals surface area (Å²) in [6.07, 6.45) is 0. The number of nitrogens with zero attached hydrogens (tertiary/aromatic N) is 6. The molecule has 27 aromatic rings. The third-order valence-corrected chi connectivity index (χ3v) is 28.4. The molecule has 0 atom stereocenters. The van der Waals surface area contributed by atoms with Gasteiger partial charge in [-0.1, -0.05) is 297 Å². The van der Waals surface area contributed by atoms with Gasteiger partial charge in [-0.2, -0.15) is 0 Å². The van der Waals surface area contributed by atoms with Gasteiger partial charge in [-0.3, -0.25) is 0 Å². The lowest BCUT2D eigenvalue weighted by Crippen LogP contribution is -2.10. The molecule has 0 saturated heterocycles. The Morgan fingerprint density at radius 2 is 0.454 bits per heavy atom. The average Bonchev–Trinajstić information content (AvgIpc) is 1.49. The Morgan fingerprint density at radius 1 is 0.154 bits per heavy atom. The lowest BCUT2D eigenvalue weighted by atomic mass is 10.0. The van der Waals surface area contributed by atoms with Crippen LogP contribution in [0.1, 0.15) is 0 Å². The first-order chi connectivity index (χ1) is 64.5. The predicted molar refractivity (Wildman–Crippen MR) is 558 cm³/mol. The maximum Gasteiger partial charge on any atom is 0.0555 e. The van der Waals surface area contributed by atoms with Gasteiger partial charge in [-0.25, -0.2) is 0 Å². The fraction of sp³-hybridized carbons (Fsp3) is 0. The zero-order chi connectivity index (χ0) is 85.7. The summed E-state index contributed by atoms with van der Waals surface area (Å²) in [5.74, 6) is 0. The highest BCUT2D eigenvalue weighted by Gasteiger charge is 2.24. The van der Waals surface area contributed by atoms with Crippen LogP contribution in [-0.2, 0) is 0 Å². The second kappa shape index (κ2) is 31.8. The number of aromatic nitrogens is 4. The predicted octanol–water partition coefficient (Wildman–Crippen LogP) is 34.8. The maximum absolute atomic E-state index is 2.43. The van der Waals surface area contributed by atoms with Crippen LogP contribution in [0, 0.1) is 0 Å². The standard InChI is InChI=1S/2C46H30N2S.C30H20N2/c1-2-13-35(14-3-1)47(36-25-23-32(24-26-36)34-22-21-31-11-4-5-12-33(31)29-34)37-15-10-16-38(30-37)48-42-19-8-6-18-41(42)45-43(48)28-27-40-39-17-7-9-20-44(39)49-46(40)45;1-2-12-35(13-3-1)47(36-22-20-32(21-23-36)34-19-18-31-10-4-5-11-33(31)30-34)37-24-26-38(27-25-37)48-42-16-8-6-15-41(42)45-43(48)29-28-40-39-14-7-9-17-44(39)49-46(40)45;1-2-10-21(11-3-1)31-29-17-9-6-14-25(29)26-20-22(18-19-30(26)31)32-27-15-7-4-12-23(27)24-13-5-8-16-28(24)32/h2*1-30H;1-20H. The molecule has 21 aromatic carbocycles. The van der Waals surface area contributed by atoms with E-state index in [0.29, 0.717) is 0 Å². The molecule has 0 bridgehead atoms. The molecule has 0 amide bonds. The summed E-state index contributed by atoms with van der Waals surface area (Å²) < 4.78 is 15.0. The van der Waals surface area contributed by atoms with Crippen molar-refractivity contribution in [2.24, 2.45) is 0 Å². The molecule has 0 unspecified atom stereocenters. The molecule has 0 aliphatic heterocycles. The fourth-order valence-electron chi connectivity index (χ4n) is 20.1. The van der Waals surface area contributed by atoms with Gasteiger partial charge in [-0.05, 0) is 232 Å². The minimum Gasteiger partial charge on any atom is -0.311 e. The van der Waals surface area contributed by atoms with Crippen LogP contribution in [0.4, 0.5) is 34.1 Å². The minimum absolute atomic E-state index is 1.11. The number of hydrogen-bond donors (Lipinski definition) is 0. The summed E-state index contributed by atoms with van der Waals surface area (Å²) in [7, 11) is 0. The van der Waals surface area contributed by atoms with Crippen LogP contribution in [0.15, 0.2) is 485 Å². The fourth-order valence-corrected chi connectivity index (χ4v) is 22.6. The van der Waals surface area contributed by atoms with Crippen molar-refractivity contribution in [1.29, 1.82) is 0 Å². The van der Waals surface area contributed by atoms with Gasteiger partial charge in [0.2, 0.25) is 0 Å². The molecule has 6 nitrogen and oxygen atoms in total. The number of anilines is 6. The monoisotopic (exact) mass is 1690 g/mol. The minimum atomic E-state index is 1.11. The van der Waals surface area contributed by atoms with Gasteiger partial charge in [-0.15, -0.1) is 22.7 Å². The Hall–Kier alpha value is -16.6. The molecular formula is C122H80N6S2. The average molecular weight is 1690 g/mol. The summed E-state index contributed by atoms with van der Waals surface area (Å²) in [6, 6.07) is 176. The van der Waals surface area contributed by atoms with Crippen molar-refractivity contribution in [3.63, 3.8) is 0 Å². The highest BCUT2D eigenvalue weighted by molar-refractivity contribution is 7.27. The topological polar surface area (TPSA) is 26.2 Å². The molecule has 0 fully saturated rings. The van der Waals surface area contributed by atoms with E-state index in [1.165, 1.54) is 183 Å². The number of rotatable bonds is 12. The first-order valence-electron chi connectivity index (χ1n) is 44.3. The van der Waals surface area contributed by atoms with Gasteiger partial charge in [0, 0.05) is 140 Å². The van der Waals surface area contributed by atoms with Crippen molar-refractivity contribution in [3.05, 3.63) is 485 Å². The van der Waals surface area contributed by atoms with Crippen molar-refractivity contribution >= 4 is 206 Å². The second-order valence-corrected chi connectivity index (χ2v) is 35.5. The molecule has 6 aromatic heterocycles. The Labute approximate surface area is 758 Å². The zero-order valence-electron chi connectivity index (χ0n) is 70.7. The number of thiophene rings is 2. The van der Waals surface area contributed by atoms with Crippen LogP contribution >= 0.6 is 22.7 Å². The molecule has 0 aliphatic carbocycles. The quantitative estimate of drug-likeness (QED) is 0.122. The number of fused-ring (bicyclic) bond motifs is 22. The molecule has 0 spiro atoms. The molecule has 610 valence electrons. The molecule has 0 aliphatic rings. The molecule has 0 saturated carbocycles. The van der Waals surface area contributed by atoms with Crippen LogP contribution in [0.2, 0.25) is 0 Å². The number of benzene rings is 21. The highest BCUT2D eigenvalue weighted by atomic mass is 32.1. The van der Waals surface area contributed by atoms with Crippen LogP contribution in [0.25, 0.3) is 194 Å². The van der Waals surface area contributed by atoms with Crippen LogP contribution in [0.5, 0.6) is 0 Å². The first-order valence-corrected chi connectivity index (χ1v) is 46.0. The van der Waals surface area contributed by atoms with E-state index in [1.807, 2.05) is 22.7 Å². The van der Waals surface area contributed by atoms with Crippen LogP contribution in [-0.4, -0.2) is 18.3 Å². The molecule has 8 heteroatoms. The second-order valence-electron chi connectivity index (χ2n) is 33.4. The first kappa shape index (κ1) is 75.9. The van der Waals surface area contributed by atoms with Crippen LogP contribution < -0.4 is 9.80 Å². The lowest BCUT2D eigenvalue weighted by Gasteiger charge is -2.26. The Kier molecular flexibility index (Phi) is 18.6. The van der Waals surface area contributed by atoms with E-state index in [9.17, 15) is 0 Å². The van der Waals surface area contributed by atoms with Gasteiger partial charge >= 0.3 is 0 Å². The van der Waals surface area contributed by atoms with Gasteiger partial charge in [0.05, 0.1) is 44.1 Å². The van der Waals surface area contributed by atoms with Gasteiger partial charge in [0.1, 0.15) is 0 Å². The third kappa shape index (κ3) is 13.0. The summed E-state index contributed by atoms with van der Waals surface area (Å²) in [5.41, 5.74) is 26.0. The van der Waals surface area contributed by atoms with E-state index in [2.05, 4.69) is 513 Å². The maximum atomic E-state index is 2.43. The summed E-state index contributed by atoms with van der Waals surface area (Å²) >= 11 is 3.79. The SMILES string of the molecule is c1ccc(-n2c3ccccc3c3cc(-n4c5ccccc5c5ccccc54)ccc32)cc1.c1ccc(N(c2ccc(-c3ccc4ccccc4c3)cc2)c2ccc(-n3c4ccccc4c4c5sc6ccccc6c5ccc43)cc2)cc1.c1ccc(N(c2ccc(-c3ccc4ccccc4c3)cc2)c2cccc(-n3c4ccccc4c4c5sc6ccccc6c5ccc43)c2)cc1. The van der Waals surface area contributed by atoms with E-state index in [-0.39, 0.29) is 0 Å². The van der Waals surface area contributed by atoms with Crippen molar-refractivity contribution in [3.8, 4) is 45.0 Å². The van der Waals surface area contributed by atoms with E-state index in [4.69, 9.17) is 0 Å². The van der Waals surface area contributed by atoms with Gasteiger partial charge in [0.25, 0.3) is 0 Å². The normalized spacial score (nSPS) is 11.7. The summed E-state index contributed by atoms with van der Waals surface area (Å²) in [4.78, 5) is 4.69. The summed E-state index contributed by atoms with van der Waals surface area (Å²) in [5, 5.41) is 20.7. The molecule has 0 N–H and O–H groups in total. The van der Waals surface area contributed by atoms with E-state index in [1.54, 1.807) is 0 Å². The van der Waals surface area contributed by atoms with Crippen molar-refractivity contribution in [1.82, 2.24) is 18.3 Å². The Morgan fingerprint density at radius 3 is 0.938 bits per heavy atom. The highest BCUT2D eigenvalue weighted by Crippen LogP contribution is 2.49. The van der Waals surface area contributed by atoms with Gasteiger partial charge in [0.15, 0.2) is 0 Å². The smallest absolute Gasteiger partial charge is 0.0555 e. The Bertz CT molecular complexity index is 9000. The molecule has 6 heterocycles. The van der Waals surface area contributed by atoms with Crippen molar-refractivity contribution in [2.75, 3.05) is 9.80 Å². The number of hydrogen-bond acceptors (Lipinski definition) is 4. The number of para-hydroxylation sites is 8. The largest absolute Gasteiger partial charge is 0.311 e. The molecule has 27 rings (SSSR count). The molecular weight excluding hydrogens is 1610 g/mol. The van der Waals surface area contributed by atoms with E-state index in [0.717, 1.165) is 45.5 Å². The van der Waals surface area contributed by atoms with E-state index >= 15 is 0 Å². The van der Waals surface area contributed by atoms with Crippen LogP contribution in [0.3, 0.4) is 0 Å². The van der Waals surface area contributed by atoms with Crippen molar-refractivity contribution < 1.29 is 0 Å². The summed E-state index contributed by atoms with van der Waals surface area (Å²) in [6.45, 7) is 0. The third-order valence-electron chi connectivity index (χ3n) is 26.0. The van der Waals surface area contributed by atoms with E-state index < -0.39 is 0 Å². The lowest BCUT2D eigenvalue weighted by molar-refractivity contribution is 1.17. The van der Waals surface area contributed by atoms with Gasteiger partial charge < -0.3 is 28.1 Å². The molecule has 0 radical (unpaired) electrons. The Balaban J connectivity index is 0.000000108. The molecule has 130 heavy (non-hydrogen) atoms. The van der Waals surface area contributed by atoms with Crippen molar-refractivity contribution in [2.45, 2.75) is 0 Å². The zero-order valence-corrected chi connectivity index (χ0v) is 72.3.